The van der Waals surface area contributed by atoms with E-state index in [2.05, 4.69) is 20.7 Å². The number of hydrogen-bond donors (Lipinski definition) is 4. The Hall–Kier alpha value is -4.17. The topological polar surface area (TPSA) is 112 Å². The van der Waals surface area contributed by atoms with Crippen LogP contribution in [0.5, 0.6) is 0 Å². The maximum atomic E-state index is 12.9. The lowest BCUT2D eigenvalue weighted by molar-refractivity contribution is 0.0858. The first-order chi connectivity index (χ1) is 15.6. The van der Waals surface area contributed by atoms with Crippen molar-refractivity contribution in [1.29, 1.82) is 0 Å². The number of amides is 1. The number of anilines is 2. The number of hydrogen-bond acceptors (Lipinski definition) is 5. The van der Waals surface area contributed by atoms with E-state index in [0.29, 0.717) is 23.4 Å². The van der Waals surface area contributed by atoms with Gasteiger partial charge in [-0.3, -0.25) is 9.78 Å². The first-order valence-electron chi connectivity index (χ1n) is 10.3. The van der Waals surface area contributed by atoms with Crippen LogP contribution < -0.4 is 16.3 Å². The van der Waals surface area contributed by atoms with Crippen LogP contribution in [-0.4, -0.2) is 31.9 Å². The third-order valence-corrected chi connectivity index (χ3v) is 5.50. The molecule has 0 saturated carbocycles. The Kier molecular flexibility index (Phi) is 5.04. The average Bonchev–Trinajstić information content (AvgIpc) is 3.33. The second kappa shape index (κ2) is 8.16. The molecule has 4 aromatic rings. The van der Waals surface area contributed by atoms with E-state index in [4.69, 9.17) is 0 Å². The normalized spacial score (nSPS) is 17.0. The molecule has 1 aliphatic carbocycles. The smallest absolute Gasteiger partial charge is 0.349 e. The number of carbonyl (C=O) groups excluding carboxylic acids is 1. The summed E-state index contributed by atoms with van der Waals surface area (Å²) in [5.74, 6) is -0.0331. The highest BCUT2D eigenvalue weighted by atomic mass is 16.3. The van der Waals surface area contributed by atoms with Crippen LogP contribution in [0.3, 0.4) is 0 Å². The van der Waals surface area contributed by atoms with Crippen LogP contribution in [-0.2, 0) is 6.42 Å². The van der Waals surface area contributed by atoms with Crippen LogP contribution in [0.4, 0.5) is 11.6 Å². The van der Waals surface area contributed by atoms with E-state index in [0.717, 1.165) is 11.1 Å². The molecule has 1 aromatic heterocycles. The lowest BCUT2D eigenvalue weighted by Crippen LogP contribution is -2.33. The van der Waals surface area contributed by atoms with Gasteiger partial charge in [0.2, 0.25) is 5.95 Å². The molecule has 0 aliphatic heterocycles. The first-order valence-corrected chi connectivity index (χ1v) is 10.3. The quantitative estimate of drug-likeness (QED) is 0.391. The van der Waals surface area contributed by atoms with Crippen molar-refractivity contribution in [2.75, 3.05) is 5.32 Å². The summed E-state index contributed by atoms with van der Waals surface area (Å²) in [6, 6.07) is 23.2. The molecular weight excluding hydrogens is 406 g/mol. The number of carbonyl (C=O) groups is 1. The second-order valence-corrected chi connectivity index (χ2v) is 7.65. The molecule has 1 heterocycles. The fourth-order valence-corrected chi connectivity index (χ4v) is 3.97. The SMILES string of the molecule is O=C(N[C@H]1c2ccccc2C[C@H]1O)c1cccc(Nc2nn(-c3ccccc3)c(=O)[nH]2)c1. The molecule has 0 fully saturated rings. The molecule has 1 amide bonds. The van der Waals surface area contributed by atoms with E-state index >= 15 is 0 Å². The zero-order valence-electron chi connectivity index (χ0n) is 17.0. The van der Waals surface area contributed by atoms with E-state index in [1.807, 2.05) is 42.5 Å². The minimum Gasteiger partial charge on any atom is -0.390 e. The van der Waals surface area contributed by atoms with Crippen molar-refractivity contribution in [1.82, 2.24) is 20.1 Å². The molecule has 32 heavy (non-hydrogen) atoms. The van der Waals surface area contributed by atoms with Crippen molar-refractivity contribution in [3.63, 3.8) is 0 Å². The molecule has 0 bridgehead atoms. The van der Waals surface area contributed by atoms with Gasteiger partial charge in [-0.05, 0) is 41.5 Å². The molecule has 5 rings (SSSR count). The van der Waals surface area contributed by atoms with Gasteiger partial charge in [0.15, 0.2) is 0 Å². The van der Waals surface area contributed by atoms with Gasteiger partial charge in [-0.25, -0.2) is 4.79 Å². The largest absolute Gasteiger partial charge is 0.390 e. The summed E-state index contributed by atoms with van der Waals surface area (Å²) in [4.78, 5) is 27.8. The standard InChI is InChI=1S/C24H21N5O3/c30-20-14-15-7-4-5-12-19(15)21(20)26-22(31)16-8-6-9-17(13-16)25-23-27-24(32)29(28-23)18-10-2-1-3-11-18/h1-13,20-21,30H,14H2,(H,26,31)(H2,25,27,28,32)/t20-,21+/m1/s1. The predicted octanol–water partition coefficient (Wildman–Crippen LogP) is 2.69. The molecule has 160 valence electrons. The van der Waals surface area contributed by atoms with Crippen molar-refractivity contribution in [2.24, 2.45) is 0 Å². The van der Waals surface area contributed by atoms with Crippen molar-refractivity contribution >= 4 is 17.5 Å². The number of fused-ring (bicyclic) bond motifs is 1. The van der Waals surface area contributed by atoms with Crippen LogP contribution in [0.25, 0.3) is 5.69 Å². The molecule has 8 nitrogen and oxygen atoms in total. The van der Waals surface area contributed by atoms with Gasteiger partial charge in [0, 0.05) is 17.7 Å². The zero-order chi connectivity index (χ0) is 22.1. The van der Waals surface area contributed by atoms with Gasteiger partial charge in [-0.2, -0.15) is 4.68 Å². The van der Waals surface area contributed by atoms with Gasteiger partial charge < -0.3 is 15.7 Å². The van der Waals surface area contributed by atoms with Crippen LogP contribution in [0.2, 0.25) is 0 Å². The third kappa shape index (κ3) is 3.79. The Balaban J connectivity index is 1.33. The molecule has 2 atom stereocenters. The number of nitrogens with zero attached hydrogens (tertiary/aromatic N) is 2. The molecule has 0 spiro atoms. The summed E-state index contributed by atoms with van der Waals surface area (Å²) >= 11 is 0. The number of H-pyrrole nitrogens is 1. The van der Waals surface area contributed by atoms with Crippen LogP contribution in [0, 0.1) is 0 Å². The Morgan fingerprint density at radius 2 is 1.81 bits per heavy atom. The predicted molar refractivity (Wildman–Crippen MR) is 120 cm³/mol. The number of aromatic amines is 1. The Morgan fingerprint density at radius 1 is 1.03 bits per heavy atom. The molecule has 0 saturated heterocycles. The Labute approximate surface area is 183 Å². The summed E-state index contributed by atoms with van der Waals surface area (Å²) in [6.45, 7) is 0. The average molecular weight is 427 g/mol. The van der Waals surface area contributed by atoms with Gasteiger partial charge in [-0.1, -0.05) is 48.5 Å². The maximum absolute atomic E-state index is 12.9. The highest BCUT2D eigenvalue weighted by Gasteiger charge is 2.32. The number of aromatic nitrogens is 3. The number of aliphatic hydroxyl groups excluding tert-OH is 1. The molecule has 4 N–H and O–H groups in total. The molecule has 0 unspecified atom stereocenters. The number of para-hydroxylation sites is 1. The zero-order valence-corrected chi connectivity index (χ0v) is 17.0. The molecule has 3 aromatic carbocycles. The third-order valence-electron chi connectivity index (χ3n) is 5.50. The van der Waals surface area contributed by atoms with E-state index in [1.54, 1.807) is 36.4 Å². The van der Waals surface area contributed by atoms with E-state index in [9.17, 15) is 14.7 Å². The lowest BCUT2D eigenvalue weighted by atomic mass is 10.1. The minimum absolute atomic E-state index is 0.261. The number of nitrogens with one attached hydrogen (secondary N) is 3. The molecule has 0 radical (unpaired) electrons. The summed E-state index contributed by atoms with van der Waals surface area (Å²) < 4.78 is 1.26. The molecule has 1 aliphatic rings. The summed E-state index contributed by atoms with van der Waals surface area (Å²) in [5, 5.41) is 20.6. The van der Waals surface area contributed by atoms with Gasteiger partial charge >= 0.3 is 5.69 Å². The van der Waals surface area contributed by atoms with Gasteiger partial charge in [-0.15, -0.1) is 5.10 Å². The van der Waals surface area contributed by atoms with Crippen molar-refractivity contribution in [3.05, 3.63) is 106 Å². The number of aliphatic hydroxyl groups is 1. The van der Waals surface area contributed by atoms with Gasteiger partial charge in [0.05, 0.1) is 17.8 Å². The second-order valence-electron chi connectivity index (χ2n) is 7.65. The Morgan fingerprint density at radius 3 is 2.66 bits per heavy atom. The van der Waals surface area contributed by atoms with Crippen LogP contribution in [0.1, 0.15) is 27.5 Å². The van der Waals surface area contributed by atoms with Crippen molar-refractivity contribution in [3.8, 4) is 5.69 Å². The Bertz CT molecular complexity index is 1330. The van der Waals surface area contributed by atoms with Crippen LogP contribution >= 0.6 is 0 Å². The van der Waals surface area contributed by atoms with E-state index in [1.165, 1.54) is 4.68 Å². The van der Waals surface area contributed by atoms with E-state index < -0.39 is 12.1 Å². The van der Waals surface area contributed by atoms with Gasteiger partial charge in [0.25, 0.3) is 5.91 Å². The summed E-state index contributed by atoms with van der Waals surface area (Å²) in [6.07, 6.45) is -0.148. The minimum atomic E-state index is -0.662. The fraction of sp³-hybridized carbons (Fsp3) is 0.125. The lowest BCUT2D eigenvalue weighted by Gasteiger charge is -2.18. The monoisotopic (exact) mass is 427 g/mol. The summed E-state index contributed by atoms with van der Waals surface area (Å²) in [7, 11) is 0. The van der Waals surface area contributed by atoms with Crippen LogP contribution in [0.15, 0.2) is 83.7 Å². The first kappa shape index (κ1) is 19.8. The van der Waals surface area contributed by atoms with Crippen molar-refractivity contribution in [2.45, 2.75) is 18.6 Å². The fourth-order valence-electron chi connectivity index (χ4n) is 3.97. The van der Waals surface area contributed by atoms with E-state index in [-0.39, 0.29) is 17.5 Å². The maximum Gasteiger partial charge on any atom is 0.349 e. The van der Waals surface area contributed by atoms with Gasteiger partial charge in [0.1, 0.15) is 0 Å². The highest BCUT2D eigenvalue weighted by molar-refractivity contribution is 5.95. The number of rotatable bonds is 5. The molecular formula is C24H21N5O3. The highest BCUT2D eigenvalue weighted by Crippen LogP contribution is 2.31. The summed E-state index contributed by atoms with van der Waals surface area (Å²) in [5.41, 5.74) is 3.27. The number of benzene rings is 3. The van der Waals surface area contributed by atoms with Crippen molar-refractivity contribution < 1.29 is 9.90 Å². The molecule has 8 heteroatoms.